The van der Waals surface area contributed by atoms with Gasteiger partial charge in [-0.3, -0.25) is 9.59 Å². The van der Waals surface area contributed by atoms with Gasteiger partial charge in [0.2, 0.25) is 5.91 Å². The number of hydrogen-bond acceptors (Lipinski definition) is 6. The normalized spacial score (nSPS) is 36.0. The van der Waals surface area contributed by atoms with Crippen LogP contribution in [0.3, 0.4) is 0 Å². The molecule has 2 amide bonds. The fourth-order valence-electron chi connectivity index (χ4n) is 5.39. The Balaban J connectivity index is 1.40. The number of carbonyl (C=O) groups excluding carboxylic acids is 2. The molecule has 0 bridgehead atoms. The summed E-state index contributed by atoms with van der Waals surface area (Å²) < 4.78 is 0.722. The van der Waals surface area contributed by atoms with Gasteiger partial charge in [0.1, 0.15) is 5.70 Å². The largest absolute Gasteiger partial charge is 0.477 e. The third-order valence-electron chi connectivity index (χ3n) is 7.12. The predicted molar refractivity (Wildman–Crippen MR) is 116 cm³/mol. The summed E-state index contributed by atoms with van der Waals surface area (Å²) in [6, 6.07) is -0.0941. The van der Waals surface area contributed by atoms with Gasteiger partial charge in [0.05, 0.1) is 45.2 Å². The lowest BCUT2D eigenvalue weighted by atomic mass is 9.79. The van der Waals surface area contributed by atoms with Crippen LogP contribution in [-0.4, -0.2) is 113 Å². The molecule has 0 saturated carbocycles. The van der Waals surface area contributed by atoms with E-state index in [1.54, 1.807) is 18.7 Å². The summed E-state index contributed by atoms with van der Waals surface area (Å²) in [5.41, 5.74) is 0.0825. The SMILES string of the molecule is C[C@@H](O)[C@H]1C(=O)N2C(C(=O)O)=C(S[C@@H]3CN[C@H](CN4CC[N+](C)(C)CC4=O)C3)[C@H](C)[C@H]12. The van der Waals surface area contributed by atoms with E-state index in [1.165, 1.54) is 4.90 Å². The highest BCUT2D eigenvalue weighted by atomic mass is 32.2. The summed E-state index contributed by atoms with van der Waals surface area (Å²) in [4.78, 5) is 41.0. The first-order valence-electron chi connectivity index (χ1n) is 11.0. The van der Waals surface area contributed by atoms with E-state index in [4.69, 9.17) is 0 Å². The van der Waals surface area contributed by atoms with Crippen LogP contribution in [-0.2, 0) is 14.4 Å². The maximum absolute atomic E-state index is 12.5. The van der Waals surface area contributed by atoms with E-state index >= 15 is 0 Å². The Morgan fingerprint density at radius 3 is 2.68 bits per heavy atom. The monoisotopic (exact) mass is 453 g/mol. The van der Waals surface area contributed by atoms with Gasteiger partial charge in [-0.15, -0.1) is 11.8 Å². The van der Waals surface area contributed by atoms with Crippen LogP contribution in [0.4, 0.5) is 0 Å². The van der Waals surface area contributed by atoms with Crippen molar-refractivity contribution in [3.63, 3.8) is 0 Å². The smallest absolute Gasteiger partial charge is 0.353 e. The van der Waals surface area contributed by atoms with E-state index in [9.17, 15) is 24.6 Å². The number of aliphatic hydroxyl groups excluding tert-OH is 1. The van der Waals surface area contributed by atoms with Crippen LogP contribution < -0.4 is 5.32 Å². The van der Waals surface area contributed by atoms with Gasteiger partial charge in [-0.1, -0.05) is 6.92 Å². The van der Waals surface area contributed by atoms with Crippen molar-refractivity contribution in [2.24, 2.45) is 11.8 Å². The van der Waals surface area contributed by atoms with Crippen molar-refractivity contribution >= 4 is 29.5 Å². The first-order valence-corrected chi connectivity index (χ1v) is 11.9. The average molecular weight is 454 g/mol. The second-order valence-electron chi connectivity index (χ2n) is 10.0. The molecule has 0 aromatic rings. The van der Waals surface area contributed by atoms with Gasteiger partial charge in [0, 0.05) is 35.2 Å². The van der Waals surface area contributed by atoms with Gasteiger partial charge in [-0.25, -0.2) is 4.79 Å². The number of likely N-dealkylation sites (N-methyl/N-ethyl adjacent to an activating group) is 1. The highest BCUT2D eigenvalue weighted by Crippen LogP contribution is 2.51. The Hall–Kier alpha value is -1.62. The number of amides is 2. The van der Waals surface area contributed by atoms with Gasteiger partial charge in [0.25, 0.3) is 5.91 Å². The second-order valence-corrected chi connectivity index (χ2v) is 11.4. The minimum Gasteiger partial charge on any atom is -0.477 e. The number of aliphatic carboxylic acids is 1. The third-order valence-corrected chi connectivity index (χ3v) is 8.63. The fourth-order valence-corrected chi connectivity index (χ4v) is 6.91. The molecule has 3 saturated heterocycles. The molecule has 0 radical (unpaired) electrons. The Morgan fingerprint density at radius 2 is 2.06 bits per heavy atom. The van der Waals surface area contributed by atoms with E-state index in [1.807, 2.05) is 11.8 Å². The number of fused-ring (bicyclic) bond motifs is 1. The molecular formula is C21H33N4O5S+. The fraction of sp³-hybridized carbons (Fsp3) is 0.762. The van der Waals surface area contributed by atoms with Crippen molar-refractivity contribution in [1.29, 1.82) is 0 Å². The number of carboxylic acid groups (broad SMARTS) is 1. The maximum atomic E-state index is 12.5. The Morgan fingerprint density at radius 1 is 1.35 bits per heavy atom. The number of aliphatic hydroxyl groups is 1. The number of nitrogens with one attached hydrogen (secondary N) is 1. The molecule has 4 aliphatic heterocycles. The van der Waals surface area contributed by atoms with Crippen LogP contribution in [0.2, 0.25) is 0 Å². The number of carboxylic acids is 1. The van der Waals surface area contributed by atoms with Crippen LogP contribution >= 0.6 is 11.8 Å². The van der Waals surface area contributed by atoms with Gasteiger partial charge in [-0.2, -0.15) is 0 Å². The Kier molecular flexibility index (Phi) is 5.87. The van der Waals surface area contributed by atoms with Crippen LogP contribution in [0, 0.1) is 11.8 Å². The topological polar surface area (TPSA) is 110 Å². The molecular weight excluding hydrogens is 420 g/mol. The minimum absolute atomic E-state index is 0.0825. The van der Waals surface area contributed by atoms with E-state index < -0.39 is 18.0 Å². The van der Waals surface area contributed by atoms with Gasteiger partial charge in [-0.05, 0) is 13.3 Å². The molecule has 4 rings (SSSR count). The van der Waals surface area contributed by atoms with Crippen molar-refractivity contribution < 1.29 is 29.1 Å². The number of β-lactam (4-membered cyclic amide) rings is 1. The molecule has 9 nitrogen and oxygen atoms in total. The number of piperazine rings is 1. The molecule has 0 spiro atoms. The number of carbonyl (C=O) groups is 3. The number of quaternary nitrogens is 1. The minimum atomic E-state index is -1.09. The molecule has 0 aromatic carbocycles. The molecule has 31 heavy (non-hydrogen) atoms. The second kappa shape index (κ2) is 8.06. The van der Waals surface area contributed by atoms with Gasteiger partial charge < -0.3 is 29.8 Å². The van der Waals surface area contributed by atoms with Crippen molar-refractivity contribution in [3.05, 3.63) is 10.6 Å². The molecule has 0 aromatic heterocycles. The third kappa shape index (κ3) is 3.99. The summed E-state index contributed by atoms with van der Waals surface area (Å²) in [5, 5.41) is 23.4. The molecule has 0 unspecified atom stereocenters. The van der Waals surface area contributed by atoms with Crippen molar-refractivity contribution in [2.75, 3.05) is 46.8 Å². The number of nitrogens with zero attached hydrogens (tertiary/aromatic N) is 3. The lowest BCUT2D eigenvalue weighted by molar-refractivity contribution is -0.885. The average Bonchev–Trinajstić information content (AvgIpc) is 3.19. The Bertz CT molecular complexity index is 829. The van der Waals surface area contributed by atoms with E-state index in [0.29, 0.717) is 13.1 Å². The zero-order chi connectivity index (χ0) is 22.7. The van der Waals surface area contributed by atoms with Crippen molar-refractivity contribution in [1.82, 2.24) is 15.1 Å². The molecule has 172 valence electrons. The molecule has 3 N–H and O–H groups in total. The van der Waals surface area contributed by atoms with Crippen LogP contribution in [0.5, 0.6) is 0 Å². The molecule has 3 fully saturated rings. The summed E-state index contributed by atoms with van der Waals surface area (Å²) in [7, 11) is 4.14. The number of rotatable bonds is 6. The first-order chi connectivity index (χ1) is 14.5. The number of hydrogen-bond donors (Lipinski definition) is 3. The maximum Gasteiger partial charge on any atom is 0.353 e. The van der Waals surface area contributed by atoms with E-state index in [2.05, 4.69) is 19.4 Å². The van der Waals surface area contributed by atoms with E-state index in [0.717, 1.165) is 35.4 Å². The van der Waals surface area contributed by atoms with E-state index in [-0.39, 0.29) is 40.8 Å². The summed E-state index contributed by atoms with van der Waals surface area (Å²) in [5.74, 6) is -1.86. The molecule has 0 aliphatic carbocycles. The molecule has 4 aliphatic rings. The summed E-state index contributed by atoms with van der Waals surface area (Å²) >= 11 is 1.54. The van der Waals surface area contributed by atoms with Crippen LogP contribution in [0.25, 0.3) is 0 Å². The molecule has 6 atom stereocenters. The van der Waals surface area contributed by atoms with Gasteiger partial charge >= 0.3 is 5.97 Å². The standard InChI is InChI=1S/C21H32N4O5S/c1-11-17-16(12(2)26)20(28)24(17)18(21(29)30)19(11)31-14-7-13(22-8-14)9-23-5-6-25(3,4)10-15(23)27/h11-14,16-17,22,26H,5-10H2,1-4H3/p+1/t11-,12-,13+,14+,16-,17-/m1/s1. The predicted octanol–water partition coefficient (Wildman–Crippen LogP) is -0.478. The van der Waals surface area contributed by atoms with Crippen molar-refractivity contribution in [3.8, 4) is 0 Å². The molecule has 10 heteroatoms. The number of thioether (sulfide) groups is 1. The zero-order valence-electron chi connectivity index (χ0n) is 18.6. The zero-order valence-corrected chi connectivity index (χ0v) is 19.4. The quantitative estimate of drug-likeness (QED) is 0.368. The van der Waals surface area contributed by atoms with Gasteiger partial charge in [0.15, 0.2) is 6.54 Å². The first kappa shape index (κ1) is 22.6. The lowest BCUT2D eigenvalue weighted by Gasteiger charge is -2.46. The highest BCUT2D eigenvalue weighted by Gasteiger charge is 2.60. The van der Waals surface area contributed by atoms with Crippen molar-refractivity contribution in [2.45, 2.75) is 43.7 Å². The summed E-state index contributed by atoms with van der Waals surface area (Å²) in [6.07, 6.45) is 0.0488. The van der Waals surface area contributed by atoms with Crippen LogP contribution in [0.1, 0.15) is 20.3 Å². The van der Waals surface area contributed by atoms with Crippen LogP contribution in [0.15, 0.2) is 10.6 Å². The Labute approximate surface area is 187 Å². The highest BCUT2D eigenvalue weighted by molar-refractivity contribution is 8.03. The molecule has 4 heterocycles. The summed E-state index contributed by atoms with van der Waals surface area (Å²) in [6.45, 7) is 7.17. The lowest BCUT2D eigenvalue weighted by Crippen LogP contribution is -2.63.